The average Bonchev–Trinajstić information content (AvgIpc) is 3.70. The summed E-state index contributed by atoms with van der Waals surface area (Å²) >= 11 is -2.29. The van der Waals surface area contributed by atoms with Crippen LogP contribution in [-0.4, -0.2) is 3.21 Å². The van der Waals surface area contributed by atoms with E-state index in [0.717, 1.165) is 18.3 Å². The fraction of sp³-hybridized carbons (Fsp3) is 0.564. The zero-order chi connectivity index (χ0) is 28.1. The van der Waals surface area contributed by atoms with E-state index in [2.05, 4.69) is 93.3 Å². The zero-order valence-corrected chi connectivity index (χ0v) is 31.0. The third-order valence-corrected chi connectivity index (χ3v) is 18.1. The predicted octanol–water partition coefficient (Wildman–Crippen LogP) is 4.28. The van der Waals surface area contributed by atoms with Gasteiger partial charge in [-0.15, -0.1) is 0 Å². The fourth-order valence-electron chi connectivity index (χ4n) is 8.03. The molecule has 6 rings (SSSR count). The fourth-order valence-corrected chi connectivity index (χ4v) is 16.8. The first-order valence-electron chi connectivity index (χ1n) is 16.5. The molecule has 0 bridgehead atoms. The van der Waals surface area contributed by atoms with Crippen LogP contribution in [0.15, 0.2) is 51.8 Å². The summed E-state index contributed by atoms with van der Waals surface area (Å²) in [7, 11) is 0. The van der Waals surface area contributed by atoms with Crippen molar-refractivity contribution in [2.45, 2.75) is 129 Å². The van der Waals surface area contributed by atoms with E-state index in [1.807, 2.05) is 6.55 Å². The smallest absolute Gasteiger partial charge is 1.00 e. The molecule has 2 aromatic rings. The molecule has 42 heavy (non-hydrogen) atoms. The van der Waals surface area contributed by atoms with Crippen LogP contribution in [0.4, 0.5) is 0 Å². The van der Waals surface area contributed by atoms with Crippen molar-refractivity contribution in [1.29, 1.82) is 0 Å². The summed E-state index contributed by atoms with van der Waals surface area (Å²) < 4.78 is 5.78. The van der Waals surface area contributed by atoms with Gasteiger partial charge in [-0.05, 0) is 0 Å². The molecule has 0 unspecified atom stereocenters. The minimum atomic E-state index is -2.29. The molecule has 0 radical (unpaired) electrons. The molecule has 0 atom stereocenters. The maximum Gasteiger partial charge on any atom is -1.00 e. The van der Waals surface area contributed by atoms with Gasteiger partial charge in [0.15, 0.2) is 0 Å². The summed E-state index contributed by atoms with van der Waals surface area (Å²) in [6.45, 7) is 14.4. The maximum atomic E-state index is 2.76. The number of fused-ring (bicyclic) bond motifs is 3. The molecule has 0 amide bonds. The molecule has 4 aliphatic rings. The first kappa shape index (κ1) is 34.1. The van der Waals surface area contributed by atoms with Gasteiger partial charge in [0.1, 0.15) is 0 Å². The van der Waals surface area contributed by atoms with Crippen molar-refractivity contribution in [2.24, 2.45) is 11.8 Å². The number of allylic oxidation sites excluding steroid dienone is 4. The predicted molar refractivity (Wildman–Crippen MR) is 172 cm³/mol. The van der Waals surface area contributed by atoms with Crippen LogP contribution in [0.25, 0.3) is 11.1 Å². The Balaban J connectivity index is 0.00000202. The quantitative estimate of drug-likeness (QED) is 0.365. The third-order valence-electron chi connectivity index (χ3n) is 10.5. The first-order chi connectivity index (χ1) is 19.1. The van der Waals surface area contributed by atoms with Gasteiger partial charge >= 0.3 is 254 Å². The Bertz CT molecular complexity index is 1350. The number of benzene rings is 2. The van der Waals surface area contributed by atoms with Crippen LogP contribution in [0.1, 0.15) is 134 Å². The normalized spacial score (nSPS) is 18.2. The molecule has 0 nitrogen and oxygen atoms in total. The van der Waals surface area contributed by atoms with E-state index >= 15 is 0 Å². The van der Waals surface area contributed by atoms with Gasteiger partial charge in [-0.25, -0.2) is 0 Å². The maximum absolute atomic E-state index is 2.76. The largest absolute Gasteiger partial charge is 1.00 e. The van der Waals surface area contributed by atoms with Crippen LogP contribution in [-0.2, 0) is 38.5 Å². The van der Waals surface area contributed by atoms with Gasteiger partial charge < -0.3 is 24.8 Å². The van der Waals surface area contributed by atoms with Crippen LogP contribution < -0.4 is 28.1 Å². The molecule has 2 saturated carbocycles. The molecule has 4 aliphatic carbocycles. The van der Waals surface area contributed by atoms with Gasteiger partial charge in [-0.1, -0.05) is 0 Å². The molecule has 0 aromatic heterocycles. The molecule has 0 aliphatic heterocycles. The molecular formula is C39H52Cl2Zr. The van der Waals surface area contributed by atoms with Gasteiger partial charge in [0.2, 0.25) is 0 Å². The van der Waals surface area contributed by atoms with Gasteiger partial charge in [0.25, 0.3) is 0 Å². The van der Waals surface area contributed by atoms with Crippen molar-refractivity contribution in [3.63, 3.8) is 0 Å². The van der Waals surface area contributed by atoms with Crippen molar-refractivity contribution in [2.75, 3.05) is 0 Å². The molecule has 2 fully saturated rings. The zero-order valence-electron chi connectivity index (χ0n) is 27.0. The van der Waals surface area contributed by atoms with E-state index in [1.165, 1.54) is 81.8 Å². The molecule has 3 heteroatoms. The van der Waals surface area contributed by atoms with E-state index in [1.54, 1.807) is 22.3 Å². The van der Waals surface area contributed by atoms with Crippen LogP contribution in [0, 0.1) is 11.8 Å². The number of hydrogen-bond donors (Lipinski definition) is 0. The minimum Gasteiger partial charge on any atom is -1.00 e. The second-order valence-corrected chi connectivity index (χ2v) is 22.1. The Labute approximate surface area is 277 Å². The Morgan fingerprint density at radius 1 is 0.738 bits per heavy atom. The molecule has 2 aromatic carbocycles. The minimum absolute atomic E-state index is 0. The summed E-state index contributed by atoms with van der Waals surface area (Å²) in [6, 6.07) is 12.8. The molecule has 226 valence electrons. The van der Waals surface area contributed by atoms with Gasteiger partial charge in [0, 0.05) is 0 Å². The Kier molecular flexibility index (Phi) is 11.1. The van der Waals surface area contributed by atoms with Crippen LogP contribution >= 0.6 is 0 Å². The Hall–Kier alpha value is -0.747. The Morgan fingerprint density at radius 3 is 1.83 bits per heavy atom. The standard InChI is InChI=1S/C21H25.C13H22.C5H5.2ClH.Zr/c1-20(2,3)16-9-7-14-11-15-8-10-17(21(4,5)6)13-19(15)18(14)12-16;1-2-7-12(6-1)10-5-11-13-8-3-4-9-13;1-2-4-5-3-1;;;/h7,9-10,12-13H,11H2,1-6H3;12-13H,1-4,6-11H2;1-3H,4H2;2*1H;/q;;;;;+2/p-2. The second kappa shape index (κ2) is 13.7. The van der Waals surface area contributed by atoms with Crippen molar-refractivity contribution >= 4 is 6.48 Å². The molecule has 0 N–H and O–H groups in total. The molecule has 0 saturated heterocycles. The van der Waals surface area contributed by atoms with Crippen molar-refractivity contribution in [3.05, 3.63) is 74.1 Å². The summed E-state index contributed by atoms with van der Waals surface area (Å²) in [6.07, 6.45) is 24.4. The van der Waals surface area contributed by atoms with E-state index in [4.69, 9.17) is 0 Å². The van der Waals surface area contributed by atoms with E-state index in [0.29, 0.717) is 0 Å². The average molecular weight is 683 g/mol. The van der Waals surface area contributed by atoms with Crippen molar-refractivity contribution in [3.8, 4) is 11.1 Å². The van der Waals surface area contributed by atoms with Crippen LogP contribution in [0.3, 0.4) is 0 Å². The van der Waals surface area contributed by atoms with Gasteiger partial charge in [0.05, 0.1) is 0 Å². The summed E-state index contributed by atoms with van der Waals surface area (Å²) in [5.41, 5.74) is 9.74. The topological polar surface area (TPSA) is 0 Å². The number of hydrogen-bond acceptors (Lipinski definition) is 0. The van der Waals surface area contributed by atoms with Gasteiger partial charge in [-0.2, -0.15) is 0 Å². The first-order valence-corrected chi connectivity index (χ1v) is 20.2. The summed E-state index contributed by atoms with van der Waals surface area (Å²) in [4.78, 5) is 0. The molecular weight excluding hydrogens is 631 g/mol. The van der Waals surface area contributed by atoms with E-state index in [-0.39, 0.29) is 35.6 Å². The van der Waals surface area contributed by atoms with E-state index < -0.39 is 21.3 Å². The SMILES string of the molecule is CC(C)(C)c1ccc2c(c1)-c1cc(C(C)(C)C)c[c]([Zr+2]([C]3=CC=CC3)=[C](CC3CCCC3)CC3CCCC3)c1C2.[Cl-].[Cl-]. The van der Waals surface area contributed by atoms with Crippen molar-refractivity contribution in [1.82, 2.24) is 0 Å². The number of halogens is 2. The van der Waals surface area contributed by atoms with E-state index in [9.17, 15) is 0 Å². The molecule has 0 heterocycles. The summed E-state index contributed by atoms with van der Waals surface area (Å²) in [5.74, 6) is 1.90. The van der Waals surface area contributed by atoms with Crippen molar-refractivity contribution < 1.29 is 46.1 Å². The van der Waals surface area contributed by atoms with Crippen LogP contribution in [0.2, 0.25) is 0 Å². The Morgan fingerprint density at radius 2 is 1.31 bits per heavy atom. The van der Waals surface area contributed by atoms with Crippen LogP contribution in [0.5, 0.6) is 0 Å². The summed E-state index contributed by atoms with van der Waals surface area (Å²) in [5, 5.41) is 0. The molecule has 0 spiro atoms. The monoisotopic (exact) mass is 680 g/mol. The number of rotatable bonds is 6. The van der Waals surface area contributed by atoms with Gasteiger partial charge in [-0.3, -0.25) is 0 Å². The second-order valence-electron chi connectivity index (χ2n) is 15.6. The third kappa shape index (κ3) is 7.21.